The fraction of sp³-hybridized carbons (Fsp3) is 0.333. The molecule has 2 unspecified atom stereocenters. The van der Waals surface area contributed by atoms with Gasteiger partial charge in [0.05, 0.1) is 0 Å². The second kappa shape index (κ2) is 5.52. The van der Waals surface area contributed by atoms with Crippen molar-refractivity contribution in [2.45, 2.75) is 5.25 Å². The molecular formula is C9H10AsNO4S2. The van der Waals surface area contributed by atoms with Crippen LogP contribution >= 0.6 is 20.0 Å². The van der Waals surface area contributed by atoms with Crippen molar-refractivity contribution in [3.63, 3.8) is 0 Å². The third kappa shape index (κ3) is 2.91. The van der Waals surface area contributed by atoms with Gasteiger partial charge in [0.1, 0.15) is 0 Å². The monoisotopic (exact) mass is 335 g/mol. The van der Waals surface area contributed by atoms with Gasteiger partial charge in [-0.25, -0.2) is 0 Å². The van der Waals surface area contributed by atoms with Gasteiger partial charge in [0.25, 0.3) is 0 Å². The van der Waals surface area contributed by atoms with E-state index in [1.807, 2.05) is 0 Å². The topological polar surface area (TPSA) is 83.6 Å². The summed E-state index contributed by atoms with van der Waals surface area (Å²) in [4.78, 5) is 10.2. The molecule has 0 saturated carbocycles. The molecule has 5 nitrogen and oxygen atoms in total. The third-order valence-electron chi connectivity index (χ3n) is 2.19. The van der Waals surface area contributed by atoms with Crippen molar-refractivity contribution >= 4 is 42.4 Å². The molecule has 1 saturated heterocycles. The number of phenolic OH excluding ortho intramolecular Hbond substituents is 1. The van der Waals surface area contributed by atoms with Crippen LogP contribution in [0.15, 0.2) is 18.2 Å². The molecule has 0 spiro atoms. The van der Waals surface area contributed by atoms with Crippen molar-refractivity contribution in [2.75, 3.05) is 12.4 Å². The number of aliphatic hydroxyl groups is 1. The Morgan fingerprint density at radius 3 is 2.94 bits per heavy atom. The first kappa shape index (κ1) is 13.1. The van der Waals surface area contributed by atoms with Gasteiger partial charge in [0.15, 0.2) is 0 Å². The minimum atomic E-state index is -1.42. The van der Waals surface area contributed by atoms with Gasteiger partial charge in [-0.3, -0.25) is 0 Å². The zero-order chi connectivity index (χ0) is 12.4. The Kier molecular flexibility index (Phi) is 4.25. The molecule has 0 aliphatic carbocycles. The zero-order valence-corrected chi connectivity index (χ0v) is 12.2. The van der Waals surface area contributed by atoms with Crippen LogP contribution in [0.4, 0.5) is 5.69 Å². The van der Waals surface area contributed by atoms with Gasteiger partial charge in [-0.1, -0.05) is 0 Å². The average molecular weight is 335 g/mol. The van der Waals surface area contributed by atoms with Crippen LogP contribution in [-0.4, -0.2) is 45.1 Å². The van der Waals surface area contributed by atoms with Gasteiger partial charge in [0.2, 0.25) is 0 Å². The van der Waals surface area contributed by atoms with Crippen LogP contribution < -0.4 is 4.35 Å². The molecule has 1 fully saturated rings. The first-order valence-corrected chi connectivity index (χ1v) is 12.1. The van der Waals surface area contributed by atoms with E-state index in [1.165, 1.54) is 12.1 Å². The number of aromatic hydroxyl groups is 1. The maximum absolute atomic E-state index is 10.7. The summed E-state index contributed by atoms with van der Waals surface area (Å²) in [5.74, 6) is 0.608. The molecule has 2 rings (SSSR count). The van der Waals surface area contributed by atoms with Gasteiger partial charge >= 0.3 is 109 Å². The van der Waals surface area contributed by atoms with Crippen molar-refractivity contribution in [1.82, 2.24) is 0 Å². The third-order valence-corrected chi connectivity index (χ3v) is 16.1. The molecule has 17 heavy (non-hydrogen) atoms. The zero-order valence-electron chi connectivity index (χ0n) is 8.65. The van der Waals surface area contributed by atoms with E-state index in [-0.39, 0.29) is 23.3 Å². The number of aliphatic hydroxyl groups excluding tert-OH is 1. The Bertz CT molecular complexity index is 445. The van der Waals surface area contributed by atoms with Crippen LogP contribution in [0.25, 0.3) is 0 Å². The van der Waals surface area contributed by atoms with E-state index < -0.39 is 17.3 Å². The molecule has 0 bridgehead atoms. The molecule has 8 heteroatoms. The maximum atomic E-state index is 10.7. The fourth-order valence-electron chi connectivity index (χ4n) is 1.34. The average Bonchev–Trinajstić information content (AvgIpc) is 2.78. The summed E-state index contributed by atoms with van der Waals surface area (Å²) in [7, 11) is 3.54. The van der Waals surface area contributed by atoms with Crippen molar-refractivity contribution in [2.24, 2.45) is 0 Å². The number of hydrogen-bond acceptors (Lipinski definition) is 6. The molecule has 2 atom stereocenters. The van der Waals surface area contributed by atoms with E-state index in [1.54, 1.807) is 26.1 Å². The summed E-state index contributed by atoms with van der Waals surface area (Å²) >= 11 is -1.42. The Morgan fingerprint density at radius 1 is 1.59 bits per heavy atom. The fourth-order valence-corrected chi connectivity index (χ4v) is 16.7. The normalized spacial score (nSPS) is 23.8. The Balaban J connectivity index is 2.22. The van der Waals surface area contributed by atoms with Crippen molar-refractivity contribution in [3.05, 3.63) is 28.3 Å². The van der Waals surface area contributed by atoms with Crippen LogP contribution in [0.2, 0.25) is 0 Å². The van der Waals surface area contributed by atoms with Crippen molar-refractivity contribution in [3.8, 4) is 5.75 Å². The predicted octanol–water partition coefficient (Wildman–Crippen LogP) is 0.836. The first-order chi connectivity index (χ1) is 8.11. The standard InChI is InChI=1S/C9H10AsNO4S2/c12-4-7-5-16-10(17-7)6-1-2-9(13)8(3-6)11(14)15/h1-3,7,12-13H,4-5H2. The molecule has 1 aromatic rings. The van der Waals surface area contributed by atoms with E-state index in [0.29, 0.717) is 0 Å². The van der Waals surface area contributed by atoms with E-state index in [9.17, 15) is 15.2 Å². The number of nitro benzene ring substituents is 1. The number of phenols is 1. The molecule has 0 amide bonds. The van der Waals surface area contributed by atoms with Gasteiger partial charge in [0, 0.05) is 0 Å². The number of nitro groups is 1. The molecule has 0 radical (unpaired) electrons. The molecule has 1 aliphatic heterocycles. The Labute approximate surface area is 109 Å². The van der Waals surface area contributed by atoms with Gasteiger partial charge < -0.3 is 0 Å². The number of benzene rings is 1. The summed E-state index contributed by atoms with van der Waals surface area (Å²) in [6, 6.07) is 4.60. The summed E-state index contributed by atoms with van der Waals surface area (Å²) in [5.41, 5.74) is -0.231. The second-order valence-corrected chi connectivity index (χ2v) is 15.0. The summed E-state index contributed by atoms with van der Waals surface area (Å²) < 4.78 is 0.952. The van der Waals surface area contributed by atoms with E-state index in [4.69, 9.17) is 5.11 Å². The molecule has 0 aromatic heterocycles. The Hall–Kier alpha value is -0.362. The molecule has 1 aliphatic rings. The molecule has 1 aromatic carbocycles. The Morgan fingerprint density at radius 2 is 2.35 bits per heavy atom. The van der Waals surface area contributed by atoms with E-state index in [0.717, 1.165) is 10.1 Å². The summed E-state index contributed by atoms with van der Waals surface area (Å²) in [6.45, 7) is 0.156. The number of hydrogen-bond donors (Lipinski definition) is 2. The van der Waals surface area contributed by atoms with Crippen LogP contribution in [-0.2, 0) is 0 Å². The predicted molar refractivity (Wildman–Crippen MR) is 71.1 cm³/mol. The van der Waals surface area contributed by atoms with Crippen molar-refractivity contribution < 1.29 is 15.1 Å². The SMILES string of the molecule is O=[N+]([O-])c1cc([As]2SCC(CO)S2)ccc1O. The summed E-state index contributed by atoms with van der Waals surface area (Å²) in [6.07, 6.45) is 0. The van der Waals surface area contributed by atoms with Crippen LogP contribution in [0.5, 0.6) is 5.75 Å². The molecule has 2 N–H and O–H groups in total. The van der Waals surface area contributed by atoms with Crippen molar-refractivity contribution in [1.29, 1.82) is 0 Å². The first-order valence-electron chi connectivity index (χ1n) is 4.80. The van der Waals surface area contributed by atoms with Crippen LogP contribution in [0, 0.1) is 10.1 Å². The van der Waals surface area contributed by atoms with Gasteiger partial charge in [-0.2, -0.15) is 0 Å². The second-order valence-electron chi connectivity index (χ2n) is 3.39. The van der Waals surface area contributed by atoms with E-state index in [2.05, 4.69) is 0 Å². The molecule has 1 heterocycles. The van der Waals surface area contributed by atoms with E-state index >= 15 is 0 Å². The molecular weight excluding hydrogens is 325 g/mol. The quantitative estimate of drug-likeness (QED) is 0.484. The number of rotatable bonds is 3. The minimum absolute atomic E-state index is 0.156. The number of nitrogens with zero attached hydrogens (tertiary/aromatic N) is 1. The van der Waals surface area contributed by atoms with Crippen LogP contribution in [0.1, 0.15) is 0 Å². The summed E-state index contributed by atoms with van der Waals surface area (Å²) in [5, 5.41) is 29.4. The van der Waals surface area contributed by atoms with Gasteiger partial charge in [-0.05, 0) is 0 Å². The van der Waals surface area contributed by atoms with Crippen LogP contribution in [0.3, 0.4) is 0 Å². The molecule has 92 valence electrons. The van der Waals surface area contributed by atoms with Gasteiger partial charge in [-0.15, -0.1) is 0 Å².